The van der Waals surface area contributed by atoms with Crippen molar-refractivity contribution >= 4 is 0 Å². The molecule has 0 saturated carbocycles. The Balaban J connectivity index is 0. The lowest BCUT2D eigenvalue weighted by molar-refractivity contribution is 0.00735. The first-order chi connectivity index (χ1) is 12.8. The summed E-state index contributed by atoms with van der Waals surface area (Å²) in [6, 6.07) is 0. The van der Waals surface area contributed by atoms with Crippen molar-refractivity contribution in [3.8, 4) is 0 Å². The Morgan fingerprint density at radius 3 is 0.962 bits per heavy atom. The van der Waals surface area contributed by atoms with Gasteiger partial charge in [0.2, 0.25) is 0 Å². The van der Waals surface area contributed by atoms with Gasteiger partial charge in [-0.2, -0.15) is 0 Å². The highest BCUT2D eigenvalue weighted by Crippen LogP contribution is 1.90. The standard InChI is InChI=1S/C10H22O4.C10H22O2/c1-2-3-5-12-7-9-14-10-8-13-6-4-11;1-3-5-7-11-9-10-12-8-6-4-2/h11H,2-10H2,1H3;3-10H2,1-2H3. The van der Waals surface area contributed by atoms with E-state index in [2.05, 4.69) is 20.8 Å². The Labute approximate surface area is 161 Å². The SMILES string of the molecule is CCCCOCCOCCCC.CCCCOCCOCCOCCO. The van der Waals surface area contributed by atoms with Crippen LogP contribution in [0.25, 0.3) is 0 Å². The molecule has 0 fully saturated rings. The largest absolute Gasteiger partial charge is 0.394 e. The molecule has 0 radical (unpaired) electrons. The minimum absolute atomic E-state index is 0.0696. The van der Waals surface area contributed by atoms with Crippen LogP contribution in [-0.4, -0.2) is 77.8 Å². The highest BCUT2D eigenvalue weighted by atomic mass is 16.5. The molecule has 0 saturated heterocycles. The summed E-state index contributed by atoms with van der Waals surface area (Å²) in [5, 5.41) is 8.40. The van der Waals surface area contributed by atoms with Gasteiger partial charge in [-0.3, -0.25) is 0 Å². The number of hydrogen-bond acceptors (Lipinski definition) is 6. The Hall–Kier alpha value is -0.240. The van der Waals surface area contributed by atoms with E-state index in [4.69, 9.17) is 28.8 Å². The van der Waals surface area contributed by atoms with Crippen LogP contribution < -0.4 is 0 Å². The summed E-state index contributed by atoms with van der Waals surface area (Å²) >= 11 is 0. The maximum absolute atomic E-state index is 8.40. The van der Waals surface area contributed by atoms with Crippen LogP contribution in [-0.2, 0) is 23.7 Å². The molecule has 0 atom stereocenters. The van der Waals surface area contributed by atoms with Crippen LogP contribution in [0.4, 0.5) is 0 Å². The van der Waals surface area contributed by atoms with Crippen LogP contribution in [0.1, 0.15) is 59.3 Å². The van der Waals surface area contributed by atoms with Gasteiger partial charge in [-0.05, 0) is 19.3 Å². The van der Waals surface area contributed by atoms with E-state index < -0.39 is 0 Å². The number of ether oxygens (including phenoxy) is 5. The summed E-state index contributed by atoms with van der Waals surface area (Å²) in [5.41, 5.74) is 0. The average molecular weight is 381 g/mol. The molecule has 0 heterocycles. The molecule has 0 aromatic heterocycles. The lowest BCUT2D eigenvalue weighted by Crippen LogP contribution is -2.11. The zero-order valence-electron chi connectivity index (χ0n) is 17.5. The first-order valence-corrected chi connectivity index (χ1v) is 10.3. The van der Waals surface area contributed by atoms with E-state index >= 15 is 0 Å². The van der Waals surface area contributed by atoms with Crippen molar-refractivity contribution in [2.24, 2.45) is 0 Å². The molecule has 0 unspecified atom stereocenters. The molecular weight excluding hydrogens is 336 g/mol. The lowest BCUT2D eigenvalue weighted by atomic mass is 10.4. The minimum atomic E-state index is 0.0696. The fourth-order valence-corrected chi connectivity index (χ4v) is 1.67. The molecule has 6 heteroatoms. The van der Waals surface area contributed by atoms with E-state index in [1.807, 2.05) is 0 Å². The van der Waals surface area contributed by atoms with E-state index in [0.717, 1.165) is 58.7 Å². The molecule has 0 bridgehead atoms. The van der Waals surface area contributed by atoms with Crippen molar-refractivity contribution in [1.82, 2.24) is 0 Å². The van der Waals surface area contributed by atoms with Crippen LogP contribution in [0.15, 0.2) is 0 Å². The summed E-state index contributed by atoms with van der Waals surface area (Å²) in [5.74, 6) is 0. The smallest absolute Gasteiger partial charge is 0.0701 e. The summed E-state index contributed by atoms with van der Waals surface area (Å²) in [4.78, 5) is 0. The van der Waals surface area contributed by atoms with E-state index in [0.29, 0.717) is 33.0 Å². The highest BCUT2D eigenvalue weighted by molar-refractivity contribution is 4.36. The van der Waals surface area contributed by atoms with Crippen molar-refractivity contribution in [3.63, 3.8) is 0 Å². The number of aliphatic hydroxyl groups excluding tert-OH is 1. The Morgan fingerprint density at radius 2 is 0.692 bits per heavy atom. The first kappa shape index (κ1) is 28.0. The second kappa shape index (κ2) is 29.5. The van der Waals surface area contributed by atoms with E-state index in [1.54, 1.807) is 0 Å². The Bertz CT molecular complexity index is 194. The van der Waals surface area contributed by atoms with E-state index in [-0.39, 0.29) is 6.61 Å². The van der Waals surface area contributed by atoms with Gasteiger partial charge in [-0.25, -0.2) is 0 Å². The van der Waals surface area contributed by atoms with Crippen LogP contribution in [0.2, 0.25) is 0 Å². The molecule has 6 nitrogen and oxygen atoms in total. The summed E-state index contributed by atoms with van der Waals surface area (Å²) in [7, 11) is 0. The summed E-state index contributed by atoms with van der Waals surface area (Å²) in [6.07, 6.45) is 7.01. The molecule has 0 aromatic rings. The van der Waals surface area contributed by atoms with Crippen LogP contribution >= 0.6 is 0 Å². The number of unbranched alkanes of at least 4 members (excludes halogenated alkanes) is 3. The fraction of sp³-hybridized carbons (Fsp3) is 1.00. The molecule has 0 rings (SSSR count). The second-order valence-corrected chi connectivity index (χ2v) is 5.85. The third-order valence-corrected chi connectivity index (χ3v) is 3.28. The highest BCUT2D eigenvalue weighted by Gasteiger charge is 1.91. The van der Waals surface area contributed by atoms with Gasteiger partial charge in [0.15, 0.2) is 0 Å². The van der Waals surface area contributed by atoms with Crippen molar-refractivity contribution in [3.05, 3.63) is 0 Å². The number of hydrogen-bond donors (Lipinski definition) is 1. The zero-order valence-corrected chi connectivity index (χ0v) is 17.5. The molecule has 0 aliphatic heterocycles. The van der Waals surface area contributed by atoms with Crippen molar-refractivity contribution in [1.29, 1.82) is 0 Å². The van der Waals surface area contributed by atoms with Gasteiger partial charge < -0.3 is 28.8 Å². The van der Waals surface area contributed by atoms with E-state index in [9.17, 15) is 0 Å². The average Bonchev–Trinajstić information content (AvgIpc) is 2.66. The van der Waals surface area contributed by atoms with Gasteiger partial charge >= 0.3 is 0 Å². The molecule has 1 N–H and O–H groups in total. The van der Waals surface area contributed by atoms with Crippen molar-refractivity contribution in [2.45, 2.75) is 59.3 Å². The number of aliphatic hydroxyl groups is 1. The predicted octanol–water partition coefficient (Wildman–Crippen LogP) is 3.45. The molecule has 0 amide bonds. The van der Waals surface area contributed by atoms with Gasteiger partial charge in [0.25, 0.3) is 0 Å². The first-order valence-electron chi connectivity index (χ1n) is 10.3. The van der Waals surface area contributed by atoms with Crippen LogP contribution in [0.5, 0.6) is 0 Å². The summed E-state index contributed by atoms with van der Waals surface area (Å²) in [6.45, 7) is 13.4. The quantitative estimate of drug-likeness (QED) is 0.326. The van der Waals surface area contributed by atoms with Gasteiger partial charge in [-0.1, -0.05) is 40.0 Å². The maximum Gasteiger partial charge on any atom is 0.0701 e. The molecule has 0 aliphatic rings. The zero-order chi connectivity index (χ0) is 19.6. The predicted molar refractivity (Wildman–Crippen MR) is 106 cm³/mol. The van der Waals surface area contributed by atoms with Gasteiger partial charge in [0.1, 0.15) is 0 Å². The molecule has 26 heavy (non-hydrogen) atoms. The van der Waals surface area contributed by atoms with Gasteiger partial charge in [0.05, 0.1) is 52.9 Å². The van der Waals surface area contributed by atoms with Crippen LogP contribution in [0, 0.1) is 0 Å². The molecular formula is C20H44O6. The third kappa shape index (κ3) is 31.5. The van der Waals surface area contributed by atoms with Gasteiger partial charge in [-0.15, -0.1) is 0 Å². The third-order valence-electron chi connectivity index (χ3n) is 3.28. The number of rotatable bonds is 20. The molecule has 0 aromatic carbocycles. The Kier molecular flexibility index (Phi) is 31.8. The lowest BCUT2D eigenvalue weighted by Gasteiger charge is -2.05. The van der Waals surface area contributed by atoms with E-state index in [1.165, 1.54) is 12.8 Å². The fourth-order valence-electron chi connectivity index (χ4n) is 1.67. The Morgan fingerprint density at radius 1 is 0.423 bits per heavy atom. The van der Waals surface area contributed by atoms with Crippen LogP contribution in [0.3, 0.4) is 0 Å². The molecule has 0 aliphatic carbocycles. The molecule has 160 valence electrons. The van der Waals surface area contributed by atoms with Crippen molar-refractivity contribution in [2.75, 3.05) is 72.7 Å². The molecule has 0 spiro atoms. The normalized spacial score (nSPS) is 10.6. The van der Waals surface area contributed by atoms with Crippen molar-refractivity contribution < 1.29 is 28.8 Å². The monoisotopic (exact) mass is 380 g/mol. The van der Waals surface area contributed by atoms with Gasteiger partial charge in [0, 0.05) is 19.8 Å². The summed E-state index contributed by atoms with van der Waals surface area (Å²) < 4.78 is 26.2. The maximum atomic E-state index is 8.40. The topological polar surface area (TPSA) is 66.4 Å². The second-order valence-electron chi connectivity index (χ2n) is 5.85. The minimum Gasteiger partial charge on any atom is -0.394 e.